The van der Waals surface area contributed by atoms with Crippen LogP contribution in [0.1, 0.15) is 0 Å². The molecular formula is C10H14BrN3O. The van der Waals surface area contributed by atoms with Crippen LogP contribution in [-0.4, -0.2) is 36.8 Å². The molecule has 0 saturated carbocycles. The van der Waals surface area contributed by atoms with Crippen LogP contribution in [-0.2, 0) is 4.74 Å². The summed E-state index contributed by atoms with van der Waals surface area (Å²) in [6.45, 7) is 5.82. The van der Waals surface area contributed by atoms with E-state index < -0.39 is 0 Å². The fraction of sp³-hybridized carbons (Fsp3) is 0.400. The number of ether oxygens (including phenoxy) is 1. The molecule has 0 unspecified atom stereocenters. The van der Waals surface area contributed by atoms with Gasteiger partial charge >= 0.3 is 0 Å². The maximum Gasteiger partial charge on any atom is 0.225 e. The van der Waals surface area contributed by atoms with Crippen molar-refractivity contribution in [3.63, 3.8) is 0 Å². The highest BCUT2D eigenvalue weighted by molar-refractivity contribution is 9.10. The van der Waals surface area contributed by atoms with Crippen LogP contribution in [0.3, 0.4) is 0 Å². The minimum Gasteiger partial charge on any atom is -0.383 e. The first-order valence-corrected chi connectivity index (χ1v) is 5.39. The molecule has 0 aromatic carbocycles. The van der Waals surface area contributed by atoms with E-state index in [9.17, 15) is 0 Å². The number of nitrogens with zero attached hydrogens (tertiary/aromatic N) is 3. The summed E-state index contributed by atoms with van der Waals surface area (Å²) in [7, 11) is 1.68. The van der Waals surface area contributed by atoms with E-state index in [1.54, 1.807) is 19.5 Å². The van der Waals surface area contributed by atoms with E-state index in [0.717, 1.165) is 11.0 Å². The van der Waals surface area contributed by atoms with Gasteiger partial charge in [-0.1, -0.05) is 6.08 Å². The monoisotopic (exact) mass is 271 g/mol. The summed E-state index contributed by atoms with van der Waals surface area (Å²) in [6, 6.07) is 0. The van der Waals surface area contributed by atoms with Crippen molar-refractivity contribution in [2.75, 3.05) is 31.7 Å². The molecule has 0 saturated heterocycles. The van der Waals surface area contributed by atoms with Gasteiger partial charge in [0.25, 0.3) is 0 Å². The summed E-state index contributed by atoms with van der Waals surface area (Å²) < 4.78 is 5.89. The average molecular weight is 272 g/mol. The van der Waals surface area contributed by atoms with Gasteiger partial charge in [-0.2, -0.15) is 0 Å². The van der Waals surface area contributed by atoms with Crippen LogP contribution < -0.4 is 4.90 Å². The molecule has 0 atom stereocenters. The quantitative estimate of drug-likeness (QED) is 0.741. The summed E-state index contributed by atoms with van der Waals surface area (Å²) in [5, 5.41) is 0. The Morgan fingerprint density at radius 1 is 1.53 bits per heavy atom. The Balaban J connectivity index is 2.69. The zero-order chi connectivity index (χ0) is 11.1. The Bertz CT molecular complexity index is 302. The van der Waals surface area contributed by atoms with Gasteiger partial charge in [0.05, 0.1) is 11.1 Å². The third-order valence-corrected chi connectivity index (χ3v) is 2.21. The fourth-order valence-electron chi connectivity index (χ4n) is 1.10. The molecule has 1 heterocycles. The second-order valence-corrected chi connectivity index (χ2v) is 3.84. The molecule has 15 heavy (non-hydrogen) atoms. The lowest BCUT2D eigenvalue weighted by molar-refractivity contribution is 0.205. The standard InChI is InChI=1S/C10H14BrN3O/c1-3-4-14(5-6-15-2)10-12-7-9(11)8-13-10/h3,7-8H,1,4-6H2,2H3. The lowest BCUT2D eigenvalue weighted by atomic mass is 10.5. The van der Waals surface area contributed by atoms with Crippen molar-refractivity contribution in [2.45, 2.75) is 0 Å². The number of hydrogen-bond donors (Lipinski definition) is 0. The number of halogens is 1. The Morgan fingerprint density at radius 3 is 2.73 bits per heavy atom. The smallest absolute Gasteiger partial charge is 0.225 e. The van der Waals surface area contributed by atoms with Crippen LogP contribution in [0, 0.1) is 0 Å². The number of methoxy groups -OCH3 is 1. The first kappa shape index (κ1) is 12.1. The molecule has 0 amide bonds. The molecular weight excluding hydrogens is 258 g/mol. The van der Waals surface area contributed by atoms with Gasteiger partial charge in [-0.05, 0) is 15.9 Å². The first-order chi connectivity index (χ1) is 7.27. The number of rotatable bonds is 6. The van der Waals surface area contributed by atoms with Crippen molar-refractivity contribution in [2.24, 2.45) is 0 Å². The van der Waals surface area contributed by atoms with Gasteiger partial charge in [-0.25, -0.2) is 9.97 Å². The van der Waals surface area contributed by atoms with Crippen molar-refractivity contribution in [1.82, 2.24) is 9.97 Å². The largest absolute Gasteiger partial charge is 0.383 e. The molecule has 0 aliphatic rings. The topological polar surface area (TPSA) is 38.2 Å². The summed E-state index contributed by atoms with van der Waals surface area (Å²) in [6.07, 6.45) is 5.28. The molecule has 82 valence electrons. The summed E-state index contributed by atoms with van der Waals surface area (Å²) in [5.41, 5.74) is 0. The Hall–Kier alpha value is -0.940. The second-order valence-electron chi connectivity index (χ2n) is 2.93. The minimum atomic E-state index is 0.646. The van der Waals surface area contributed by atoms with Crippen LogP contribution in [0.15, 0.2) is 29.5 Å². The summed E-state index contributed by atoms with van der Waals surface area (Å²) in [4.78, 5) is 10.4. The number of anilines is 1. The normalized spacial score (nSPS) is 10.0. The Morgan fingerprint density at radius 2 is 2.20 bits per heavy atom. The molecule has 0 aliphatic heterocycles. The number of hydrogen-bond acceptors (Lipinski definition) is 4. The SMILES string of the molecule is C=CCN(CCOC)c1ncc(Br)cn1. The molecule has 1 rings (SSSR count). The van der Waals surface area contributed by atoms with Crippen LogP contribution >= 0.6 is 15.9 Å². The van der Waals surface area contributed by atoms with E-state index in [2.05, 4.69) is 32.5 Å². The highest BCUT2D eigenvalue weighted by Crippen LogP contribution is 2.10. The van der Waals surface area contributed by atoms with Crippen molar-refractivity contribution >= 4 is 21.9 Å². The predicted octanol–water partition coefficient (Wildman–Crippen LogP) is 1.88. The summed E-state index contributed by atoms with van der Waals surface area (Å²) >= 11 is 3.30. The Kier molecular flexibility index (Phi) is 5.28. The third-order valence-electron chi connectivity index (χ3n) is 1.80. The molecule has 0 radical (unpaired) electrons. The van der Waals surface area contributed by atoms with Crippen molar-refractivity contribution < 1.29 is 4.74 Å². The molecule has 4 nitrogen and oxygen atoms in total. The zero-order valence-corrected chi connectivity index (χ0v) is 10.3. The first-order valence-electron chi connectivity index (χ1n) is 4.60. The third kappa shape index (κ3) is 3.97. The summed E-state index contributed by atoms with van der Waals surface area (Å²) in [5.74, 6) is 0.690. The van der Waals surface area contributed by atoms with Crippen molar-refractivity contribution in [3.8, 4) is 0 Å². The molecule has 1 aromatic heterocycles. The van der Waals surface area contributed by atoms with Gasteiger partial charge in [0.15, 0.2) is 0 Å². The zero-order valence-electron chi connectivity index (χ0n) is 8.69. The molecule has 0 fully saturated rings. The van der Waals surface area contributed by atoms with Gasteiger partial charge in [0.2, 0.25) is 5.95 Å². The van der Waals surface area contributed by atoms with Crippen LogP contribution in [0.5, 0.6) is 0 Å². The highest BCUT2D eigenvalue weighted by atomic mass is 79.9. The molecule has 0 N–H and O–H groups in total. The van der Waals surface area contributed by atoms with E-state index >= 15 is 0 Å². The average Bonchev–Trinajstić information content (AvgIpc) is 2.25. The van der Waals surface area contributed by atoms with E-state index in [0.29, 0.717) is 19.1 Å². The van der Waals surface area contributed by atoms with Crippen molar-refractivity contribution in [1.29, 1.82) is 0 Å². The lowest BCUT2D eigenvalue weighted by Gasteiger charge is -2.20. The molecule has 0 aliphatic carbocycles. The highest BCUT2D eigenvalue weighted by Gasteiger charge is 2.06. The van der Waals surface area contributed by atoms with E-state index in [1.807, 2.05) is 11.0 Å². The minimum absolute atomic E-state index is 0.646. The molecule has 0 bridgehead atoms. The lowest BCUT2D eigenvalue weighted by Crippen LogP contribution is -2.28. The second kappa shape index (κ2) is 6.53. The van der Waals surface area contributed by atoms with E-state index in [-0.39, 0.29) is 0 Å². The predicted molar refractivity (Wildman–Crippen MR) is 64.0 cm³/mol. The Labute approximate surface area is 98.1 Å². The van der Waals surface area contributed by atoms with Crippen LogP contribution in [0.25, 0.3) is 0 Å². The fourth-order valence-corrected chi connectivity index (χ4v) is 1.30. The van der Waals surface area contributed by atoms with Gasteiger partial charge < -0.3 is 9.64 Å². The van der Waals surface area contributed by atoms with Gasteiger partial charge in [0.1, 0.15) is 0 Å². The van der Waals surface area contributed by atoms with E-state index in [4.69, 9.17) is 4.74 Å². The maximum atomic E-state index is 5.02. The van der Waals surface area contributed by atoms with Crippen molar-refractivity contribution in [3.05, 3.63) is 29.5 Å². The van der Waals surface area contributed by atoms with E-state index in [1.165, 1.54) is 0 Å². The van der Waals surface area contributed by atoms with Gasteiger partial charge in [-0.3, -0.25) is 0 Å². The molecule has 0 spiro atoms. The number of aromatic nitrogens is 2. The van der Waals surface area contributed by atoms with Crippen LogP contribution in [0.4, 0.5) is 5.95 Å². The van der Waals surface area contributed by atoms with Crippen LogP contribution in [0.2, 0.25) is 0 Å². The molecule has 1 aromatic rings. The van der Waals surface area contributed by atoms with Gasteiger partial charge in [0, 0.05) is 32.6 Å². The molecule has 5 heteroatoms. The van der Waals surface area contributed by atoms with Gasteiger partial charge in [-0.15, -0.1) is 6.58 Å². The maximum absolute atomic E-state index is 5.02.